The van der Waals surface area contributed by atoms with Crippen LogP contribution in [0.1, 0.15) is 23.3 Å². The Kier molecular flexibility index (Phi) is 2.63. The van der Waals surface area contributed by atoms with Crippen LogP contribution in [0.15, 0.2) is 12.3 Å². The summed E-state index contributed by atoms with van der Waals surface area (Å²) >= 11 is 0. The van der Waals surface area contributed by atoms with Gasteiger partial charge in [-0.25, -0.2) is 0 Å². The first-order valence-electron chi connectivity index (χ1n) is 6.26. The molecule has 2 aliphatic heterocycles. The molecule has 1 amide bonds. The summed E-state index contributed by atoms with van der Waals surface area (Å²) in [6.07, 6.45) is 3.95. The van der Waals surface area contributed by atoms with Gasteiger partial charge in [0.2, 0.25) is 0 Å². The summed E-state index contributed by atoms with van der Waals surface area (Å²) in [7, 11) is 1.82. The number of carbonyl (C=O) groups is 1. The van der Waals surface area contributed by atoms with Crippen molar-refractivity contribution in [3.8, 4) is 0 Å². The highest BCUT2D eigenvalue weighted by Gasteiger charge is 2.34. The van der Waals surface area contributed by atoms with Crippen molar-refractivity contribution in [1.82, 2.24) is 20.0 Å². The molecule has 1 aromatic heterocycles. The maximum absolute atomic E-state index is 12.3. The fourth-order valence-corrected chi connectivity index (χ4v) is 2.98. The lowest BCUT2D eigenvalue weighted by atomic mass is 9.93. The van der Waals surface area contributed by atoms with Crippen LogP contribution in [0.4, 0.5) is 0 Å². The third-order valence-electron chi connectivity index (χ3n) is 3.98. The van der Waals surface area contributed by atoms with Crippen LogP contribution < -0.4 is 5.32 Å². The largest absolute Gasteiger partial charge is 0.337 e. The van der Waals surface area contributed by atoms with E-state index in [2.05, 4.69) is 10.4 Å². The van der Waals surface area contributed by atoms with E-state index in [-0.39, 0.29) is 5.91 Å². The molecule has 3 heterocycles. The number of hydrogen-bond donors (Lipinski definition) is 1. The van der Waals surface area contributed by atoms with E-state index < -0.39 is 0 Å². The predicted octanol–water partition coefficient (Wildman–Crippen LogP) is 0.244. The summed E-state index contributed by atoms with van der Waals surface area (Å²) in [6, 6.07) is 2.42. The normalized spacial score (nSPS) is 28.2. The minimum atomic E-state index is 0.121. The van der Waals surface area contributed by atoms with Crippen molar-refractivity contribution < 1.29 is 4.79 Å². The highest BCUT2D eigenvalue weighted by molar-refractivity contribution is 5.92. The first-order valence-corrected chi connectivity index (χ1v) is 6.26. The Morgan fingerprint density at radius 3 is 3.18 bits per heavy atom. The van der Waals surface area contributed by atoms with E-state index in [1.165, 1.54) is 6.42 Å². The van der Waals surface area contributed by atoms with Gasteiger partial charge in [0.25, 0.3) is 5.91 Å². The van der Waals surface area contributed by atoms with Crippen molar-refractivity contribution in [1.29, 1.82) is 0 Å². The Labute approximate surface area is 101 Å². The van der Waals surface area contributed by atoms with Crippen LogP contribution >= 0.6 is 0 Å². The second kappa shape index (κ2) is 4.14. The average Bonchev–Trinajstić information content (AvgIpc) is 2.95. The van der Waals surface area contributed by atoms with Crippen LogP contribution in [0.3, 0.4) is 0 Å². The zero-order valence-electron chi connectivity index (χ0n) is 10.1. The van der Waals surface area contributed by atoms with Crippen LogP contribution in [0.5, 0.6) is 0 Å². The Balaban J connectivity index is 1.73. The molecule has 2 atom stereocenters. The minimum Gasteiger partial charge on any atom is -0.337 e. The third kappa shape index (κ3) is 1.84. The summed E-state index contributed by atoms with van der Waals surface area (Å²) < 4.78 is 1.65. The molecule has 0 radical (unpaired) electrons. The van der Waals surface area contributed by atoms with Crippen LogP contribution in [0.2, 0.25) is 0 Å². The van der Waals surface area contributed by atoms with E-state index >= 15 is 0 Å². The number of aromatic nitrogens is 2. The van der Waals surface area contributed by atoms with Gasteiger partial charge in [0.1, 0.15) is 5.69 Å². The van der Waals surface area contributed by atoms with Gasteiger partial charge in [-0.3, -0.25) is 9.48 Å². The van der Waals surface area contributed by atoms with Crippen molar-refractivity contribution in [2.24, 2.45) is 13.0 Å². The Morgan fingerprint density at radius 1 is 1.53 bits per heavy atom. The maximum Gasteiger partial charge on any atom is 0.272 e. The van der Waals surface area contributed by atoms with Crippen molar-refractivity contribution in [3.63, 3.8) is 0 Å². The number of nitrogens with one attached hydrogen (secondary N) is 1. The van der Waals surface area contributed by atoms with Crippen LogP contribution in [0, 0.1) is 5.92 Å². The molecule has 92 valence electrons. The topological polar surface area (TPSA) is 50.2 Å². The van der Waals surface area contributed by atoms with E-state index in [1.807, 2.05) is 11.9 Å². The zero-order valence-corrected chi connectivity index (χ0v) is 10.1. The summed E-state index contributed by atoms with van der Waals surface area (Å²) in [6.45, 7) is 2.85. The van der Waals surface area contributed by atoms with Crippen molar-refractivity contribution >= 4 is 5.91 Å². The van der Waals surface area contributed by atoms with E-state index in [0.717, 1.165) is 26.1 Å². The van der Waals surface area contributed by atoms with Gasteiger partial charge >= 0.3 is 0 Å². The van der Waals surface area contributed by atoms with Gasteiger partial charge in [0, 0.05) is 32.4 Å². The molecular weight excluding hydrogens is 216 g/mol. The number of aryl methyl sites for hydroxylation is 1. The number of piperidine rings is 1. The molecule has 3 rings (SSSR count). The number of amides is 1. The second-order valence-corrected chi connectivity index (χ2v) is 4.99. The van der Waals surface area contributed by atoms with Gasteiger partial charge in [-0.05, 0) is 31.4 Å². The maximum atomic E-state index is 12.3. The van der Waals surface area contributed by atoms with Gasteiger partial charge in [0.05, 0.1) is 0 Å². The molecule has 2 fully saturated rings. The summed E-state index contributed by atoms with van der Waals surface area (Å²) in [5, 5.41) is 7.56. The first-order chi connectivity index (χ1) is 8.25. The summed E-state index contributed by atoms with van der Waals surface area (Å²) in [5.74, 6) is 0.760. The summed E-state index contributed by atoms with van der Waals surface area (Å²) in [4.78, 5) is 14.3. The lowest BCUT2D eigenvalue weighted by molar-refractivity contribution is 0.0651. The van der Waals surface area contributed by atoms with Crippen molar-refractivity contribution in [3.05, 3.63) is 18.0 Å². The van der Waals surface area contributed by atoms with Gasteiger partial charge < -0.3 is 10.2 Å². The molecule has 2 saturated heterocycles. The molecule has 5 nitrogen and oxygen atoms in total. The van der Waals surface area contributed by atoms with Gasteiger partial charge in [0.15, 0.2) is 0 Å². The Bertz CT molecular complexity index is 428. The number of likely N-dealkylation sites (tertiary alicyclic amines) is 1. The monoisotopic (exact) mass is 234 g/mol. The first kappa shape index (κ1) is 10.8. The number of carbonyl (C=O) groups excluding carboxylic acids is 1. The molecule has 0 saturated carbocycles. The van der Waals surface area contributed by atoms with Gasteiger partial charge in [-0.15, -0.1) is 0 Å². The molecular formula is C12H18N4O. The molecule has 2 aliphatic rings. The minimum absolute atomic E-state index is 0.121. The Morgan fingerprint density at radius 2 is 2.41 bits per heavy atom. The molecule has 5 heteroatoms. The smallest absolute Gasteiger partial charge is 0.272 e. The van der Waals surface area contributed by atoms with E-state index in [9.17, 15) is 4.79 Å². The number of hydrogen-bond acceptors (Lipinski definition) is 3. The highest BCUT2D eigenvalue weighted by atomic mass is 16.2. The third-order valence-corrected chi connectivity index (χ3v) is 3.98. The molecule has 17 heavy (non-hydrogen) atoms. The molecule has 0 aromatic carbocycles. The predicted molar refractivity (Wildman–Crippen MR) is 63.6 cm³/mol. The van der Waals surface area contributed by atoms with Crippen LogP contribution in [-0.2, 0) is 7.05 Å². The second-order valence-electron chi connectivity index (χ2n) is 4.99. The quantitative estimate of drug-likeness (QED) is 0.757. The van der Waals surface area contributed by atoms with Crippen LogP contribution in [-0.4, -0.2) is 46.3 Å². The number of rotatable bonds is 1. The van der Waals surface area contributed by atoms with E-state index in [4.69, 9.17) is 0 Å². The molecule has 0 aliphatic carbocycles. The fraction of sp³-hybridized carbons (Fsp3) is 0.667. The zero-order chi connectivity index (χ0) is 11.8. The van der Waals surface area contributed by atoms with Crippen LogP contribution in [0.25, 0.3) is 0 Å². The highest BCUT2D eigenvalue weighted by Crippen LogP contribution is 2.25. The van der Waals surface area contributed by atoms with Gasteiger partial charge in [-0.2, -0.15) is 5.10 Å². The lowest BCUT2D eigenvalue weighted by Crippen LogP contribution is -2.47. The Hall–Kier alpha value is -1.36. The van der Waals surface area contributed by atoms with Gasteiger partial charge in [-0.1, -0.05) is 0 Å². The number of nitrogens with zero attached hydrogens (tertiary/aromatic N) is 3. The molecule has 2 unspecified atom stereocenters. The van der Waals surface area contributed by atoms with Crippen molar-refractivity contribution in [2.75, 3.05) is 19.6 Å². The fourth-order valence-electron chi connectivity index (χ4n) is 2.98. The van der Waals surface area contributed by atoms with E-state index in [0.29, 0.717) is 17.7 Å². The molecule has 1 aromatic rings. The lowest BCUT2D eigenvalue weighted by Gasteiger charge is -2.34. The number of fused-ring (bicyclic) bond motifs is 1. The molecule has 0 spiro atoms. The average molecular weight is 234 g/mol. The standard InChI is InChI=1S/C12H18N4O/c1-15-11(3-6-14-15)12(17)16-7-4-10-9(8-16)2-5-13-10/h3,6,9-10,13H,2,4-5,7-8H2,1H3. The summed E-state index contributed by atoms with van der Waals surface area (Å²) in [5.41, 5.74) is 0.689. The van der Waals surface area contributed by atoms with E-state index in [1.54, 1.807) is 16.9 Å². The van der Waals surface area contributed by atoms with Crippen molar-refractivity contribution in [2.45, 2.75) is 18.9 Å². The molecule has 1 N–H and O–H groups in total. The SMILES string of the molecule is Cn1nccc1C(=O)N1CCC2NCCC2C1. The molecule has 0 bridgehead atoms.